The van der Waals surface area contributed by atoms with Crippen LogP contribution in [0.4, 0.5) is 0 Å². The third-order valence-electron chi connectivity index (χ3n) is 2.46. The first-order valence-corrected chi connectivity index (χ1v) is 9.72. The number of carbonyl (C=O) groups excluding carboxylic acids is 1. The van der Waals surface area contributed by atoms with Crippen molar-refractivity contribution in [2.45, 2.75) is 8.42 Å². The van der Waals surface area contributed by atoms with Crippen LogP contribution in [0, 0.1) is 3.14 Å². The molecule has 2 N–H and O–H groups in total. The minimum Gasteiger partial charge on any atom is -0.301 e. The Morgan fingerprint density at radius 1 is 1.24 bits per heavy atom. The predicted molar refractivity (Wildman–Crippen MR) is 92.5 cm³/mol. The molecule has 0 aliphatic carbocycles. The number of rotatable bonds is 3. The molecule has 0 saturated carbocycles. The van der Waals surface area contributed by atoms with E-state index < -0.39 is 0 Å². The van der Waals surface area contributed by atoms with Gasteiger partial charge in [-0.05, 0) is 17.5 Å². The number of amides is 1. The molecule has 9 heteroatoms. The molecule has 21 heavy (non-hydrogen) atoms. The molecular weight excluding hydrogens is 362 g/mol. The van der Waals surface area contributed by atoms with Crippen LogP contribution in [0.15, 0.2) is 44.0 Å². The summed E-state index contributed by atoms with van der Waals surface area (Å²) in [6.07, 6.45) is 3.19. The van der Waals surface area contributed by atoms with Gasteiger partial charge in [0.05, 0.1) is 8.42 Å². The van der Waals surface area contributed by atoms with Crippen molar-refractivity contribution in [3.05, 3.63) is 44.3 Å². The van der Waals surface area contributed by atoms with E-state index in [1.807, 2.05) is 5.41 Å². The number of thioether (sulfide) groups is 2. The van der Waals surface area contributed by atoms with Gasteiger partial charge in [-0.2, -0.15) is 0 Å². The van der Waals surface area contributed by atoms with Crippen LogP contribution < -0.4 is 10.9 Å². The normalized spacial score (nSPS) is 13.8. The van der Waals surface area contributed by atoms with E-state index in [9.17, 15) is 4.79 Å². The lowest BCUT2D eigenvalue weighted by Crippen LogP contribution is -2.37. The van der Waals surface area contributed by atoms with E-state index in [2.05, 4.69) is 15.8 Å². The highest BCUT2D eigenvalue weighted by molar-refractivity contribution is 8.07. The highest BCUT2D eigenvalue weighted by Crippen LogP contribution is 2.43. The Bertz CT molecular complexity index is 737. The molecule has 0 aromatic carbocycles. The van der Waals surface area contributed by atoms with Gasteiger partial charge in [0.2, 0.25) is 0 Å². The van der Waals surface area contributed by atoms with Crippen LogP contribution in [0.3, 0.4) is 0 Å². The van der Waals surface area contributed by atoms with Crippen LogP contribution in [-0.2, 0) is 0 Å². The molecule has 108 valence electrons. The Kier molecular flexibility index (Phi) is 4.96. The number of hydrogen-bond donors (Lipinski definition) is 2. The molecular formula is C12H9N3OS5. The Morgan fingerprint density at radius 2 is 2.00 bits per heavy atom. The van der Waals surface area contributed by atoms with Crippen LogP contribution in [-0.4, -0.2) is 16.6 Å². The SMILES string of the molecule is O=C(NNC1=CSc2sc(=S)sc2SC1)c1ccncc1. The summed E-state index contributed by atoms with van der Waals surface area (Å²) in [6, 6.07) is 3.35. The summed E-state index contributed by atoms with van der Waals surface area (Å²) in [6.45, 7) is 0. The van der Waals surface area contributed by atoms with Gasteiger partial charge in [-0.25, -0.2) is 0 Å². The summed E-state index contributed by atoms with van der Waals surface area (Å²) < 4.78 is 3.44. The van der Waals surface area contributed by atoms with E-state index in [1.165, 1.54) is 8.42 Å². The number of nitrogens with one attached hydrogen (secondary N) is 2. The van der Waals surface area contributed by atoms with E-state index >= 15 is 0 Å². The van der Waals surface area contributed by atoms with Gasteiger partial charge in [-0.3, -0.25) is 15.2 Å². The molecule has 3 rings (SSSR count). The number of carbonyl (C=O) groups is 1. The van der Waals surface area contributed by atoms with Crippen molar-refractivity contribution >= 4 is 64.3 Å². The zero-order chi connectivity index (χ0) is 14.7. The maximum Gasteiger partial charge on any atom is 0.269 e. The Hall–Kier alpha value is -0.870. The number of pyridine rings is 1. The zero-order valence-corrected chi connectivity index (χ0v) is 14.6. The lowest BCUT2D eigenvalue weighted by molar-refractivity contribution is 0.0939. The summed E-state index contributed by atoms with van der Waals surface area (Å²) in [5.41, 5.74) is 7.22. The minimum absolute atomic E-state index is 0.178. The summed E-state index contributed by atoms with van der Waals surface area (Å²) in [4.78, 5) is 15.8. The minimum atomic E-state index is -0.178. The third-order valence-corrected chi connectivity index (χ3v) is 7.98. The topological polar surface area (TPSA) is 54.0 Å². The molecule has 2 aromatic heterocycles. The van der Waals surface area contributed by atoms with Crippen molar-refractivity contribution in [1.82, 2.24) is 15.8 Å². The van der Waals surface area contributed by atoms with Crippen molar-refractivity contribution in [1.29, 1.82) is 0 Å². The van der Waals surface area contributed by atoms with Gasteiger partial charge in [0.1, 0.15) is 3.14 Å². The molecule has 1 aliphatic rings. The second kappa shape index (κ2) is 6.93. The quantitative estimate of drug-likeness (QED) is 0.630. The lowest BCUT2D eigenvalue weighted by Gasteiger charge is -2.10. The molecule has 0 spiro atoms. The van der Waals surface area contributed by atoms with Gasteiger partial charge in [-0.15, -0.1) is 34.4 Å². The van der Waals surface area contributed by atoms with Gasteiger partial charge in [0.15, 0.2) is 0 Å². The molecule has 2 aromatic rings. The van der Waals surface area contributed by atoms with E-state index in [1.54, 1.807) is 70.7 Å². The van der Waals surface area contributed by atoms with E-state index in [0.717, 1.165) is 14.6 Å². The first-order valence-electron chi connectivity index (χ1n) is 5.81. The molecule has 3 heterocycles. The first-order chi connectivity index (χ1) is 10.2. The molecule has 1 amide bonds. The number of fused-ring (bicyclic) bond motifs is 1. The van der Waals surface area contributed by atoms with E-state index in [0.29, 0.717) is 5.56 Å². The molecule has 0 unspecified atom stereocenters. The molecule has 0 saturated heterocycles. The molecule has 1 aliphatic heterocycles. The van der Waals surface area contributed by atoms with Crippen molar-refractivity contribution in [2.24, 2.45) is 0 Å². The lowest BCUT2D eigenvalue weighted by atomic mass is 10.3. The Labute approximate surface area is 143 Å². The predicted octanol–water partition coefficient (Wildman–Crippen LogP) is 3.91. The monoisotopic (exact) mass is 371 g/mol. The first kappa shape index (κ1) is 15.0. The van der Waals surface area contributed by atoms with Crippen LogP contribution in [0.2, 0.25) is 0 Å². The van der Waals surface area contributed by atoms with Crippen molar-refractivity contribution in [2.75, 3.05) is 5.75 Å². The molecule has 0 bridgehead atoms. The Morgan fingerprint density at radius 3 is 2.81 bits per heavy atom. The number of aromatic nitrogens is 1. The van der Waals surface area contributed by atoms with Crippen LogP contribution in [0.5, 0.6) is 0 Å². The van der Waals surface area contributed by atoms with Crippen LogP contribution in [0.1, 0.15) is 10.4 Å². The van der Waals surface area contributed by atoms with Gasteiger partial charge in [-0.1, -0.05) is 24.0 Å². The van der Waals surface area contributed by atoms with Crippen molar-refractivity contribution < 1.29 is 4.79 Å². The summed E-state index contributed by atoms with van der Waals surface area (Å²) in [5, 5.41) is 2.02. The average Bonchev–Trinajstić information content (AvgIpc) is 2.76. The fourth-order valence-corrected chi connectivity index (χ4v) is 7.31. The average molecular weight is 372 g/mol. The van der Waals surface area contributed by atoms with Gasteiger partial charge >= 0.3 is 0 Å². The number of hydrogen-bond acceptors (Lipinski definition) is 8. The number of hydrazine groups is 1. The fraction of sp³-hybridized carbons (Fsp3) is 0.0833. The molecule has 0 radical (unpaired) electrons. The second-order valence-electron chi connectivity index (χ2n) is 3.89. The third kappa shape index (κ3) is 3.86. The molecule has 0 atom stereocenters. The van der Waals surface area contributed by atoms with Crippen LogP contribution >= 0.6 is 58.4 Å². The Balaban J connectivity index is 1.60. The van der Waals surface area contributed by atoms with E-state index in [4.69, 9.17) is 12.2 Å². The van der Waals surface area contributed by atoms with Gasteiger partial charge < -0.3 is 5.43 Å². The van der Waals surface area contributed by atoms with Gasteiger partial charge in [0, 0.05) is 29.4 Å². The second-order valence-corrected chi connectivity index (χ2v) is 9.50. The van der Waals surface area contributed by atoms with Crippen molar-refractivity contribution in [3.8, 4) is 0 Å². The maximum absolute atomic E-state index is 11.9. The van der Waals surface area contributed by atoms with E-state index in [-0.39, 0.29) is 5.91 Å². The highest BCUT2D eigenvalue weighted by atomic mass is 32.2. The van der Waals surface area contributed by atoms with Crippen molar-refractivity contribution in [3.63, 3.8) is 0 Å². The smallest absolute Gasteiger partial charge is 0.269 e. The molecule has 4 nitrogen and oxygen atoms in total. The largest absolute Gasteiger partial charge is 0.301 e. The highest BCUT2D eigenvalue weighted by Gasteiger charge is 2.14. The number of nitrogens with zero attached hydrogens (tertiary/aromatic N) is 1. The summed E-state index contributed by atoms with van der Waals surface area (Å²) >= 11 is 11.9. The van der Waals surface area contributed by atoms with Crippen LogP contribution in [0.25, 0.3) is 0 Å². The fourth-order valence-electron chi connectivity index (χ4n) is 1.50. The summed E-state index contributed by atoms with van der Waals surface area (Å²) in [7, 11) is 0. The van der Waals surface area contributed by atoms with Gasteiger partial charge in [0.25, 0.3) is 5.91 Å². The standard InChI is InChI=1S/C12H9N3OS5/c16-9(7-1-3-13-4-2-7)15-14-8-5-18-10-11(19-6-8)21-12(17)20-10/h1-5,14H,6H2,(H,15,16). The summed E-state index contributed by atoms with van der Waals surface area (Å²) in [5.74, 6) is 0.599. The maximum atomic E-state index is 11.9. The zero-order valence-electron chi connectivity index (χ0n) is 10.5. The molecule has 0 fully saturated rings.